The molecule has 0 bridgehead atoms. The number of hydrogen-bond donors (Lipinski definition) is 1. The van der Waals surface area contributed by atoms with E-state index in [2.05, 4.69) is 37.9 Å². The Morgan fingerprint density at radius 3 is 2.58 bits per heavy atom. The number of aryl methyl sites for hydroxylation is 1. The largest absolute Gasteiger partial charge is 0.347 e. The number of halogens is 1. The molecule has 5 heteroatoms. The van der Waals surface area contributed by atoms with E-state index in [0.29, 0.717) is 6.54 Å². The number of aromatic nitrogens is 1. The third-order valence-corrected chi connectivity index (χ3v) is 5.68. The van der Waals surface area contributed by atoms with Crippen molar-refractivity contribution in [2.24, 2.45) is 0 Å². The molecule has 0 unspecified atom stereocenters. The molecule has 3 aromatic rings. The van der Waals surface area contributed by atoms with E-state index in [0.717, 1.165) is 32.2 Å². The number of hydrogen-bond acceptors (Lipinski definition) is 2. The minimum atomic E-state index is -0.0214. The summed E-state index contributed by atoms with van der Waals surface area (Å²) in [5.41, 5.74) is 4.08. The van der Waals surface area contributed by atoms with E-state index in [-0.39, 0.29) is 5.91 Å². The number of nitrogens with zero attached hydrogens (tertiary/aromatic N) is 1. The van der Waals surface area contributed by atoms with Gasteiger partial charge in [-0.2, -0.15) is 0 Å². The van der Waals surface area contributed by atoms with Crippen LogP contribution < -0.4 is 5.32 Å². The van der Waals surface area contributed by atoms with Gasteiger partial charge in [0.25, 0.3) is 5.91 Å². The summed E-state index contributed by atoms with van der Waals surface area (Å²) in [6.45, 7) is 5.39. The Balaban J connectivity index is 1.74. The van der Waals surface area contributed by atoms with Crippen molar-refractivity contribution >= 4 is 33.2 Å². The van der Waals surface area contributed by atoms with Gasteiger partial charge in [0.1, 0.15) is 0 Å². The number of amides is 1. The Hall–Kier alpha value is -1.85. The number of thiophene rings is 1. The van der Waals surface area contributed by atoms with E-state index >= 15 is 0 Å². The second-order valence-corrected chi connectivity index (χ2v) is 8.29. The molecule has 3 rings (SSSR count). The highest BCUT2D eigenvalue weighted by Crippen LogP contribution is 2.22. The van der Waals surface area contributed by atoms with Gasteiger partial charge in [-0.25, -0.2) is 0 Å². The highest BCUT2D eigenvalue weighted by Gasteiger charge is 2.15. The fraction of sp³-hybridized carbons (Fsp3) is 0.211. The molecule has 2 aromatic heterocycles. The third-order valence-electron chi connectivity index (χ3n) is 4.05. The molecule has 2 heterocycles. The lowest BCUT2D eigenvalue weighted by Gasteiger charge is -2.10. The van der Waals surface area contributed by atoms with Gasteiger partial charge in [-0.05, 0) is 53.5 Å². The topological polar surface area (TPSA) is 34.0 Å². The van der Waals surface area contributed by atoms with Crippen LogP contribution in [-0.4, -0.2) is 10.5 Å². The monoisotopic (exact) mass is 402 g/mol. The summed E-state index contributed by atoms with van der Waals surface area (Å²) in [4.78, 5) is 13.7. The van der Waals surface area contributed by atoms with Crippen molar-refractivity contribution < 1.29 is 4.79 Å². The van der Waals surface area contributed by atoms with Crippen molar-refractivity contribution in [1.82, 2.24) is 9.88 Å². The molecule has 0 aliphatic rings. The lowest BCUT2D eigenvalue weighted by atomic mass is 10.2. The predicted molar refractivity (Wildman–Crippen MR) is 103 cm³/mol. The zero-order chi connectivity index (χ0) is 17.1. The van der Waals surface area contributed by atoms with Crippen LogP contribution in [0.3, 0.4) is 0 Å². The summed E-state index contributed by atoms with van der Waals surface area (Å²) in [5, 5.41) is 3.01. The third kappa shape index (κ3) is 3.79. The summed E-state index contributed by atoms with van der Waals surface area (Å²) >= 11 is 5.08. The van der Waals surface area contributed by atoms with Crippen LogP contribution in [0.5, 0.6) is 0 Å². The van der Waals surface area contributed by atoms with Gasteiger partial charge in [0, 0.05) is 22.8 Å². The molecule has 0 fully saturated rings. The van der Waals surface area contributed by atoms with Gasteiger partial charge in [0.05, 0.1) is 15.9 Å². The van der Waals surface area contributed by atoms with Crippen LogP contribution >= 0.6 is 27.3 Å². The molecule has 0 radical (unpaired) electrons. The van der Waals surface area contributed by atoms with Crippen molar-refractivity contribution in [2.75, 3.05) is 0 Å². The summed E-state index contributed by atoms with van der Waals surface area (Å²) in [7, 11) is 0. The molecule has 1 N–H and O–H groups in total. The van der Waals surface area contributed by atoms with Gasteiger partial charge >= 0.3 is 0 Å². The highest BCUT2D eigenvalue weighted by atomic mass is 79.9. The van der Waals surface area contributed by atoms with E-state index in [1.165, 1.54) is 5.56 Å². The summed E-state index contributed by atoms with van der Waals surface area (Å²) < 4.78 is 3.26. The molecule has 0 saturated heterocycles. The summed E-state index contributed by atoms with van der Waals surface area (Å²) in [5.74, 6) is -0.0214. The number of nitrogens with one attached hydrogen (secondary N) is 1. The van der Waals surface area contributed by atoms with E-state index in [9.17, 15) is 4.79 Å². The summed E-state index contributed by atoms with van der Waals surface area (Å²) in [6.07, 6.45) is 0. The maximum Gasteiger partial charge on any atom is 0.253 e. The van der Waals surface area contributed by atoms with Crippen LogP contribution in [0.25, 0.3) is 0 Å². The van der Waals surface area contributed by atoms with Crippen LogP contribution in [0.1, 0.15) is 32.2 Å². The van der Waals surface area contributed by atoms with Crippen molar-refractivity contribution in [2.45, 2.75) is 26.9 Å². The van der Waals surface area contributed by atoms with Gasteiger partial charge in [0.2, 0.25) is 0 Å². The van der Waals surface area contributed by atoms with Crippen molar-refractivity contribution in [3.63, 3.8) is 0 Å². The molecule has 24 heavy (non-hydrogen) atoms. The first kappa shape index (κ1) is 17.0. The zero-order valence-corrected chi connectivity index (χ0v) is 16.1. The quantitative estimate of drug-likeness (QED) is 0.646. The minimum absolute atomic E-state index is 0.0214. The van der Waals surface area contributed by atoms with Gasteiger partial charge in [-0.15, -0.1) is 11.3 Å². The number of benzene rings is 1. The zero-order valence-electron chi connectivity index (χ0n) is 13.7. The first-order valence-electron chi connectivity index (χ1n) is 7.77. The Morgan fingerprint density at radius 2 is 1.92 bits per heavy atom. The van der Waals surface area contributed by atoms with Crippen molar-refractivity contribution in [3.8, 4) is 0 Å². The second-order valence-electron chi connectivity index (χ2n) is 5.75. The average Bonchev–Trinajstić information content (AvgIpc) is 3.12. The normalized spacial score (nSPS) is 10.8. The molecular formula is C19H19BrN2OS. The van der Waals surface area contributed by atoms with Crippen LogP contribution in [0.4, 0.5) is 0 Å². The summed E-state index contributed by atoms with van der Waals surface area (Å²) in [6, 6.07) is 16.3. The second kappa shape index (κ2) is 7.36. The maximum atomic E-state index is 12.5. The smallest absolute Gasteiger partial charge is 0.253 e. The molecule has 1 aromatic carbocycles. The molecular weight excluding hydrogens is 384 g/mol. The maximum absolute atomic E-state index is 12.5. The number of rotatable bonds is 5. The standard InChI is InChI=1S/C19H19BrN2OS/c1-13-10-17(19(23)21-11-16-8-9-18(20)24-16)14(2)22(13)12-15-6-4-3-5-7-15/h3-10H,11-12H2,1-2H3,(H,21,23). The average molecular weight is 403 g/mol. The molecule has 0 spiro atoms. The fourth-order valence-electron chi connectivity index (χ4n) is 2.75. The van der Waals surface area contributed by atoms with Crippen LogP contribution in [0, 0.1) is 13.8 Å². The molecule has 0 saturated carbocycles. The Labute approximate surface area is 154 Å². The van der Waals surface area contributed by atoms with Gasteiger partial charge in [-0.1, -0.05) is 30.3 Å². The number of carbonyl (C=O) groups is 1. The Bertz CT molecular complexity index is 852. The molecule has 0 aliphatic carbocycles. The lowest BCUT2D eigenvalue weighted by molar-refractivity contribution is 0.0950. The van der Waals surface area contributed by atoms with Gasteiger partial charge < -0.3 is 9.88 Å². The molecule has 124 valence electrons. The molecule has 3 nitrogen and oxygen atoms in total. The SMILES string of the molecule is Cc1cc(C(=O)NCc2ccc(Br)s2)c(C)n1Cc1ccccc1. The van der Waals surface area contributed by atoms with Crippen LogP contribution in [0.2, 0.25) is 0 Å². The Morgan fingerprint density at radius 1 is 1.17 bits per heavy atom. The van der Waals surface area contributed by atoms with Crippen LogP contribution in [-0.2, 0) is 13.1 Å². The van der Waals surface area contributed by atoms with Crippen molar-refractivity contribution in [1.29, 1.82) is 0 Å². The van der Waals surface area contributed by atoms with E-state index < -0.39 is 0 Å². The van der Waals surface area contributed by atoms with E-state index in [1.54, 1.807) is 11.3 Å². The molecule has 0 aliphatic heterocycles. The van der Waals surface area contributed by atoms with E-state index in [4.69, 9.17) is 0 Å². The number of carbonyl (C=O) groups excluding carboxylic acids is 1. The van der Waals surface area contributed by atoms with Crippen LogP contribution in [0.15, 0.2) is 52.3 Å². The first-order chi connectivity index (χ1) is 11.5. The first-order valence-corrected chi connectivity index (χ1v) is 9.38. The minimum Gasteiger partial charge on any atom is -0.347 e. The van der Waals surface area contributed by atoms with Gasteiger partial charge in [0.15, 0.2) is 0 Å². The molecule has 0 atom stereocenters. The predicted octanol–water partition coefficient (Wildman–Crippen LogP) is 4.91. The fourth-order valence-corrected chi connectivity index (χ4v) is 4.17. The van der Waals surface area contributed by atoms with E-state index in [1.807, 2.05) is 50.2 Å². The lowest BCUT2D eigenvalue weighted by Crippen LogP contribution is -2.23. The molecule has 1 amide bonds. The Kier molecular flexibility index (Phi) is 5.21. The highest BCUT2D eigenvalue weighted by molar-refractivity contribution is 9.11. The van der Waals surface area contributed by atoms with Gasteiger partial charge in [-0.3, -0.25) is 4.79 Å². The van der Waals surface area contributed by atoms with Crippen molar-refractivity contribution in [3.05, 3.63) is 79.7 Å².